The Bertz CT molecular complexity index is 1490. The van der Waals surface area contributed by atoms with Crippen LogP contribution in [0.25, 0.3) is 0 Å². The fourth-order valence-corrected chi connectivity index (χ4v) is 8.47. The molecule has 2 aromatic carbocycles. The van der Waals surface area contributed by atoms with Crippen LogP contribution in [-0.2, 0) is 16.1 Å². The van der Waals surface area contributed by atoms with Gasteiger partial charge in [-0.25, -0.2) is 5.01 Å². The highest BCUT2D eigenvalue weighted by Gasteiger charge is 2.88. The summed E-state index contributed by atoms with van der Waals surface area (Å²) in [6, 6.07) is 9.37. The smallest absolute Gasteiger partial charge is 0.272 e. The van der Waals surface area contributed by atoms with Crippen molar-refractivity contribution >= 4 is 116 Å². The Hall–Kier alpha value is -1.49. The third-order valence-electron chi connectivity index (χ3n) is 7.01. The number of hydrogen-bond donors (Lipinski definition) is 0. The normalized spacial score (nSPS) is 28.8. The largest absolute Gasteiger partial charge is 0.282 e. The first-order valence-electron chi connectivity index (χ1n) is 10.8. The second kappa shape index (κ2) is 9.53. The maximum Gasteiger partial charge on any atom is 0.282 e. The summed E-state index contributed by atoms with van der Waals surface area (Å²) in [5.41, 5.74) is -0.629. The van der Waals surface area contributed by atoms with E-state index in [9.17, 15) is 24.5 Å². The SMILES string of the molecule is O=C(c1ccccc1[N+](=O)[O-])N(Cc1ccc(Cl)c(Cl)c1)N1C(=O)[C@@H]2[C@@H](C1=O)[C@@]1(Cl)C(Cl)=C(Cl)[C@@]2(Cl)C1(Cl)Cl. The topological polar surface area (TPSA) is 101 Å². The number of alkyl halides is 4. The van der Waals surface area contributed by atoms with Crippen molar-refractivity contribution in [1.82, 2.24) is 10.0 Å². The molecule has 0 radical (unpaired) electrons. The molecule has 5 rings (SSSR count). The van der Waals surface area contributed by atoms with Gasteiger partial charge in [-0.15, -0.1) is 23.2 Å². The molecule has 0 N–H and O–H groups in total. The van der Waals surface area contributed by atoms with Crippen LogP contribution in [0.5, 0.6) is 0 Å². The second-order valence-electron chi connectivity index (χ2n) is 8.96. The zero-order chi connectivity index (χ0) is 28.8. The number of carbonyl (C=O) groups excluding carboxylic acids is 3. The van der Waals surface area contributed by atoms with Crippen LogP contribution < -0.4 is 0 Å². The highest BCUT2D eigenvalue weighted by molar-refractivity contribution is 6.66. The van der Waals surface area contributed by atoms with E-state index in [1.807, 2.05) is 0 Å². The monoisotopic (exact) mass is 689 g/mol. The minimum absolute atomic E-state index is 0.123. The van der Waals surface area contributed by atoms with Gasteiger partial charge in [-0.1, -0.05) is 87.8 Å². The molecule has 2 bridgehead atoms. The molecule has 3 amide bonds. The predicted molar refractivity (Wildman–Crippen MR) is 149 cm³/mol. The number of carbonyl (C=O) groups is 3. The van der Waals surface area contributed by atoms with Gasteiger partial charge < -0.3 is 0 Å². The summed E-state index contributed by atoms with van der Waals surface area (Å²) in [6.45, 7) is -0.439. The summed E-state index contributed by atoms with van der Waals surface area (Å²) in [7, 11) is 0. The van der Waals surface area contributed by atoms with Gasteiger partial charge in [0.05, 0.1) is 43.4 Å². The lowest BCUT2D eigenvalue weighted by Crippen LogP contribution is -2.55. The number of halogens is 8. The third kappa shape index (κ3) is 3.69. The molecule has 16 heteroatoms. The molecule has 0 spiro atoms. The average molecular weight is 693 g/mol. The van der Waals surface area contributed by atoms with E-state index < -0.39 is 66.4 Å². The van der Waals surface area contributed by atoms with E-state index in [1.54, 1.807) is 0 Å². The summed E-state index contributed by atoms with van der Waals surface area (Å²) in [4.78, 5) is 48.4. The van der Waals surface area contributed by atoms with Crippen molar-refractivity contribution in [2.75, 3.05) is 0 Å². The number of benzene rings is 2. The summed E-state index contributed by atoms with van der Waals surface area (Å²) < 4.78 is -2.18. The molecular formula is C23H11Cl8N3O5. The van der Waals surface area contributed by atoms with Gasteiger partial charge in [-0.2, -0.15) is 5.01 Å². The standard InChI is InChI=1S/C23H11Cl8N3O5/c24-11-6-5-9(7-12(11)25)8-32(18(35)10-3-1-2-4-13(10)34(38)39)33-19(36)14-15(20(33)37)22(29)17(27)16(26)21(14,28)23(22,30)31/h1-7,14-15H,8H2/t14-,15-,21+,22+/m0/s1. The van der Waals surface area contributed by atoms with Gasteiger partial charge in [0.2, 0.25) is 0 Å². The minimum Gasteiger partial charge on any atom is -0.272 e. The van der Waals surface area contributed by atoms with Gasteiger partial charge in [-0.05, 0) is 23.8 Å². The van der Waals surface area contributed by atoms with Crippen LogP contribution in [0.2, 0.25) is 10.0 Å². The first-order chi connectivity index (χ1) is 18.1. The maximum atomic E-state index is 13.9. The van der Waals surface area contributed by atoms with Crippen molar-refractivity contribution in [3.63, 3.8) is 0 Å². The van der Waals surface area contributed by atoms with Crippen molar-refractivity contribution in [3.8, 4) is 0 Å². The van der Waals surface area contributed by atoms with Gasteiger partial charge in [0.25, 0.3) is 23.4 Å². The van der Waals surface area contributed by atoms with E-state index in [1.165, 1.54) is 36.4 Å². The molecule has 204 valence electrons. The lowest BCUT2D eigenvalue weighted by atomic mass is 9.84. The van der Waals surface area contributed by atoms with E-state index in [2.05, 4.69) is 0 Å². The van der Waals surface area contributed by atoms with Crippen molar-refractivity contribution in [1.29, 1.82) is 0 Å². The van der Waals surface area contributed by atoms with E-state index in [-0.39, 0.29) is 20.1 Å². The number of nitro benzene ring substituents is 1. The first-order valence-corrected chi connectivity index (χ1v) is 13.8. The van der Waals surface area contributed by atoms with Gasteiger partial charge >= 0.3 is 0 Å². The Balaban J connectivity index is 1.65. The van der Waals surface area contributed by atoms with Crippen molar-refractivity contribution in [3.05, 3.63) is 83.8 Å². The summed E-state index contributed by atoms with van der Waals surface area (Å²) in [6.07, 6.45) is 0. The van der Waals surface area contributed by atoms with Gasteiger partial charge in [-0.3, -0.25) is 24.5 Å². The molecule has 2 aromatic rings. The molecule has 1 saturated heterocycles. The van der Waals surface area contributed by atoms with E-state index in [4.69, 9.17) is 92.8 Å². The van der Waals surface area contributed by atoms with Gasteiger partial charge in [0.1, 0.15) is 15.3 Å². The molecule has 1 heterocycles. The van der Waals surface area contributed by atoms with Crippen LogP contribution >= 0.6 is 92.8 Å². The average Bonchev–Trinajstić information content (AvgIpc) is 3.27. The lowest BCUT2D eigenvalue weighted by molar-refractivity contribution is -0.385. The quantitative estimate of drug-likeness (QED) is 0.147. The number of hydrogen-bond acceptors (Lipinski definition) is 5. The van der Waals surface area contributed by atoms with Crippen molar-refractivity contribution in [2.24, 2.45) is 11.8 Å². The number of nitro groups is 1. The Morgan fingerprint density at radius 3 is 1.95 bits per heavy atom. The van der Waals surface area contributed by atoms with Crippen molar-refractivity contribution < 1.29 is 19.3 Å². The molecule has 3 aliphatic rings. The molecule has 0 unspecified atom stereocenters. The number of imide groups is 1. The fourth-order valence-electron chi connectivity index (χ4n) is 5.22. The number of nitrogens with zero attached hydrogens (tertiary/aromatic N) is 3. The molecule has 8 nitrogen and oxygen atoms in total. The molecule has 0 aromatic heterocycles. The lowest BCUT2D eigenvalue weighted by Gasteiger charge is -2.37. The number of fused-ring (bicyclic) bond motifs is 5. The second-order valence-corrected chi connectivity index (χ2v) is 13.0. The third-order valence-corrected chi connectivity index (χ3v) is 12.0. The Morgan fingerprint density at radius 2 is 1.44 bits per heavy atom. The summed E-state index contributed by atoms with van der Waals surface area (Å²) in [5.74, 6) is -6.12. The summed E-state index contributed by atoms with van der Waals surface area (Å²) >= 11 is 51.4. The van der Waals surface area contributed by atoms with E-state index in [0.29, 0.717) is 10.6 Å². The molecular weight excluding hydrogens is 682 g/mol. The van der Waals surface area contributed by atoms with Crippen LogP contribution in [0.1, 0.15) is 15.9 Å². The van der Waals surface area contributed by atoms with Crippen molar-refractivity contribution in [2.45, 2.75) is 20.6 Å². The molecule has 2 aliphatic carbocycles. The number of rotatable bonds is 5. The highest BCUT2D eigenvalue weighted by Crippen LogP contribution is 2.77. The Kier molecular flexibility index (Phi) is 7.09. The van der Waals surface area contributed by atoms with E-state index >= 15 is 0 Å². The van der Waals surface area contributed by atoms with E-state index in [0.717, 1.165) is 11.1 Å². The number of amides is 3. The summed E-state index contributed by atoms with van der Waals surface area (Å²) in [5, 5.41) is 12.6. The predicted octanol–water partition coefficient (Wildman–Crippen LogP) is 6.91. The van der Waals surface area contributed by atoms with Crippen LogP contribution in [0.15, 0.2) is 52.5 Å². The number of allylic oxidation sites excluding steroid dienone is 2. The van der Waals surface area contributed by atoms with Gasteiger partial charge in [0, 0.05) is 6.07 Å². The maximum absolute atomic E-state index is 13.9. The zero-order valence-corrected chi connectivity index (χ0v) is 24.9. The fraction of sp³-hybridized carbons (Fsp3) is 0.261. The molecule has 2 fully saturated rings. The van der Waals surface area contributed by atoms with Gasteiger partial charge in [0.15, 0.2) is 4.33 Å². The Labute approximate surface area is 260 Å². The van der Waals surface area contributed by atoms with Crippen LogP contribution in [-0.4, -0.2) is 46.7 Å². The van der Waals surface area contributed by atoms with Crippen LogP contribution in [0, 0.1) is 22.0 Å². The molecule has 1 aliphatic heterocycles. The Morgan fingerprint density at radius 1 is 0.897 bits per heavy atom. The number of para-hydroxylation sites is 1. The minimum atomic E-state index is -2.18. The van der Waals surface area contributed by atoms with Crippen LogP contribution in [0.4, 0.5) is 5.69 Å². The number of hydrazine groups is 1. The highest BCUT2D eigenvalue weighted by atomic mass is 35.5. The molecule has 1 saturated carbocycles. The molecule has 4 atom stereocenters. The first kappa shape index (κ1) is 29.0. The van der Waals surface area contributed by atoms with Crippen LogP contribution in [0.3, 0.4) is 0 Å². The molecule has 39 heavy (non-hydrogen) atoms. The zero-order valence-electron chi connectivity index (χ0n) is 18.8.